The van der Waals surface area contributed by atoms with Crippen LogP contribution in [-0.4, -0.2) is 29.4 Å². The number of hydrogen-bond donors (Lipinski definition) is 1. The Bertz CT molecular complexity index is 870. The fourth-order valence-corrected chi connectivity index (χ4v) is 3.35. The van der Waals surface area contributed by atoms with Crippen LogP contribution in [0.3, 0.4) is 0 Å². The van der Waals surface area contributed by atoms with Crippen molar-refractivity contribution >= 4 is 17.7 Å². The number of nitrogens with one attached hydrogen (secondary N) is 1. The summed E-state index contributed by atoms with van der Waals surface area (Å²) in [7, 11) is 0. The second-order valence-corrected chi connectivity index (χ2v) is 7.34. The van der Waals surface area contributed by atoms with Gasteiger partial charge in [0, 0.05) is 18.4 Å². The van der Waals surface area contributed by atoms with Gasteiger partial charge in [0.25, 0.3) is 11.4 Å². The Balaban J connectivity index is 2.09. The molecule has 0 spiro atoms. The third kappa shape index (κ3) is 3.00. The summed E-state index contributed by atoms with van der Waals surface area (Å²) >= 11 is 0. The Kier molecular flexibility index (Phi) is 4.16. The molecule has 0 radical (unpaired) electrons. The minimum absolute atomic E-state index is 0.0515. The normalized spacial score (nSPS) is 24.5. The number of alkyl halides is 3. The molecule has 5 nitrogen and oxygen atoms in total. The average molecular weight is 385 g/mol. The van der Waals surface area contributed by atoms with Gasteiger partial charge in [-0.05, 0) is 29.7 Å². The lowest BCUT2D eigenvalue weighted by molar-refractivity contribution is -0.195. The average Bonchev–Trinajstić information content (AvgIpc) is 2.79. The third-order valence-electron chi connectivity index (χ3n) is 4.57. The number of halogens is 4. The standard InChI is InChI=1S/C18H15F4NO4/c1-16(2)7-11(24)13-12(8-16)27-15(26)17(13,18(20,21)22)23-14(25)9-3-5-10(19)6-4-9/h3-6H,7-8H2,1-2H3,(H,23,25)/t17-/m0/s1. The van der Waals surface area contributed by atoms with Gasteiger partial charge in [-0.15, -0.1) is 0 Å². The number of allylic oxidation sites excluding steroid dienone is 1. The maximum absolute atomic E-state index is 14.0. The van der Waals surface area contributed by atoms with Gasteiger partial charge >= 0.3 is 12.1 Å². The van der Waals surface area contributed by atoms with Crippen molar-refractivity contribution in [2.45, 2.75) is 38.4 Å². The van der Waals surface area contributed by atoms with Crippen LogP contribution < -0.4 is 5.32 Å². The van der Waals surface area contributed by atoms with E-state index in [0.29, 0.717) is 0 Å². The molecule has 1 aromatic carbocycles. The molecule has 2 aliphatic rings. The van der Waals surface area contributed by atoms with E-state index in [1.54, 1.807) is 19.2 Å². The van der Waals surface area contributed by atoms with Crippen LogP contribution in [0, 0.1) is 11.2 Å². The number of ether oxygens (including phenoxy) is 1. The highest BCUT2D eigenvalue weighted by Crippen LogP contribution is 2.50. The zero-order valence-electron chi connectivity index (χ0n) is 14.4. The molecule has 0 bridgehead atoms. The van der Waals surface area contributed by atoms with E-state index in [2.05, 4.69) is 0 Å². The van der Waals surface area contributed by atoms with Gasteiger partial charge < -0.3 is 10.1 Å². The molecule has 27 heavy (non-hydrogen) atoms. The van der Waals surface area contributed by atoms with Crippen LogP contribution in [0.25, 0.3) is 0 Å². The summed E-state index contributed by atoms with van der Waals surface area (Å²) in [5.41, 5.74) is -5.44. The number of carbonyl (C=O) groups is 3. The lowest BCUT2D eigenvalue weighted by atomic mass is 9.72. The number of carbonyl (C=O) groups excluding carboxylic acids is 3. The Hall–Kier alpha value is -2.71. The van der Waals surface area contributed by atoms with E-state index in [0.717, 1.165) is 24.3 Å². The van der Waals surface area contributed by atoms with Crippen LogP contribution >= 0.6 is 0 Å². The third-order valence-corrected chi connectivity index (χ3v) is 4.57. The molecular formula is C18H15F4NO4. The van der Waals surface area contributed by atoms with Crippen molar-refractivity contribution in [1.82, 2.24) is 5.32 Å². The smallest absolute Gasteiger partial charge is 0.427 e. The van der Waals surface area contributed by atoms with Gasteiger partial charge in [0.1, 0.15) is 11.6 Å². The van der Waals surface area contributed by atoms with Crippen molar-refractivity contribution in [3.8, 4) is 0 Å². The van der Waals surface area contributed by atoms with Crippen molar-refractivity contribution in [1.29, 1.82) is 0 Å². The number of benzene rings is 1. The molecule has 1 aromatic rings. The number of hydrogen-bond acceptors (Lipinski definition) is 4. The predicted octanol–water partition coefficient (Wildman–Crippen LogP) is 3.06. The number of Topliss-reactive ketones (excluding diaryl/α,β-unsaturated/α-hetero) is 1. The summed E-state index contributed by atoms with van der Waals surface area (Å²) in [6.07, 6.45) is -5.59. The molecule has 0 aromatic heterocycles. The van der Waals surface area contributed by atoms with Crippen molar-refractivity contribution < 1.29 is 36.7 Å². The summed E-state index contributed by atoms with van der Waals surface area (Å²) in [5, 5.41) is 1.64. The first-order valence-corrected chi connectivity index (χ1v) is 8.01. The second kappa shape index (κ2) is 5.90. The summed E-state index contributed by atoms with van der Waals surface area (Å²) < 4.78 is 59.7. The van der Waals surface area contributed by atoms with Crippen molar-refractivity contribution in [2.24, 2.45) is 5.41 Å². The predicted molar refractivity (Wildman–Crippen MR) is 83.8 cm³/mol. The summed E-state index contributed by atoms with van der Waals surface area (Å²) in [6, 6.07) is 3.72. The first-order chi connectivity index (χ1) is 12.4. The van der Waals surface area contributed by atoms with Crippen LogP contribution in [0.15, 0.2) is 35.6 Å². The minimum Gasteiger partial charge on any atom is -0.428 e. The van der Waals surface area contributed by atoms with Gasteiger partial charge in [0.15, 0.2) is 5.78 Å². The van der Waals surface area contributed by atoms with Crippen molar-refractivity contribution in [2.75, 3.05) is 0 Å². The van der Waals surface area contributed by atoms with E-state index in [1.165, 1.54) is 0 Å². The molecule has 1 amide bonds. The number of rotatable bonds is 2. The quantitative estimate of drug-likeness (QED) is 0.627. The maximum atomic E-state index is 14.0. The molecule has 1 aliphatic heterocycles. The van der Waals surface area contributed by atoms with E-state index in [1.807, 2.05) is 0 Å². The zero-order chi connectivity index (χ0) is 20.2. The molecule has 144 valence electrons. The largest absolute Gasteiger partial charge is 0.428 e. The van der Waals surface area contributed by atoms with Gasteiger partial charge in [0.2, 0.25) is 0 Å². The number of esters is 1. The van der Waals surface area contributed by atoms with Crippen LogP contribution in [0.1, 0.15) is 37.0 Å². The SMILES string of the molecule is CC1(C)CC(=O)C2=C(C1)OC(=O)[C@]2(NC(=O)c1ccc(F)cc1)C(F)(F)F. The molecule has 3 rings (SSSR count). The van der Waals surface area contributed by atoms with E-state index in [4.69, 9.17) is 4.74 Å². The molecule has 0 unspecified atom stereocenters. The van der Waals surface area contributed by atoms with Gasteiger partial charge in [-0.2, -0.15) is 13.2 Å². The fraction of sp³-hybridized carbons (Fsp3) is 0.389. The van der Waals surface area contributed by atoms with Gasteiger partial charge in [-0.1, -0.05) is 13.8 Å². The molecule has 0 fully saturated rings. The van der Waals surface area contributed by atoms with Crippen molar-refractivity contribution in [3.05, 3.63) is 47.0 Å². The highest BCUT2D eigenvalue weighted by atomic mass is 19.4. The maximum Gasteiger partial charge on any atom is 0.427 e. The van der Waals surface area contributed by atoms with E-state index in [-0.39, 0.29) is 24.2 Å². The number of amides is 1. The molecule has 1 heterocycles. The fourth-order valence-electron chi connectivity index (χ4n) is 3.35. The topological polar surface area (TPSA) is 72.5 Å². The Morgan fingerprint density at radius 1 is 1.11 bits per heavy atom. The van der Waals surface area contributed by atoms with Gasteiger partial charge in [0.05, 0.1) is 5.57 Å². The van der Waals surface area contributed by atoms with Gasteiger partial charge in [-0.25, -0.2) is 9.18 Å². The van der Waals surface area contributed by atoms with Crippen LogP contribution in [0.2, 0.25) is 0 Å². The zero-order valence-corrected chi connectivity index (χ0v) is 14.4. The highest BCUT2D eigenvalue weighted by Gasteiger charge is 2.71. The molecular weight excluding hydrogens is 370 g/mol. The van der Waals surface area contributed by atoms with E-state index >= 15 is 0 Å². The molecule has 0 saturated heterocycles. The van der Waals surface area contributed by atoms with Crippen LogP contribution in [-0.2, 0) is 14.3 Å². The summed E-state index contributed by atoms with van der Waals surface area (Å²) in [6.45, 7) is 3.32. The highest BCUT2D eigenvalue weighted by molar-refractivity contribution is 6.12. The molecule has 1 atom stereocenters. The molecule has 1 aliphatic carbocycles. The van der Waals surface area contributed by atoms with E-state index in [9.17, 15) is 31.9 Å². The summed E-state index contributed by atoms with van der Waals surface area (Å²) in [5.74, 6) is -5.04. The number of ketones is 1. The second-order valence-electron chi connectivity index (χ2n) is 7.34. The summed E-state index contributed by atoms with van der Waals surface area (Å²) in [4.78, 5) is 37.1. The van der Waals surface area contributed by atoms with Gasteiger partial charge in [-0.3, -0.25) is 9.59 Å². The Morgan fingerprint density at radius 3 is 2.26 bits per heavy atom. The molecule has 9 heteroatoms. The van der Waals surface area contributed by atoms with Crippen molar-refractivity contribution in [3.63, 3.8) is 0 Å². The lowest BCUT2D eigenvalue weighted by Gasteiger charge is -2.34. The van der Waals surface area contributed by atoms with E-state index < -0.39 is 46.2 Å². The minimum atomic E-state index is -5.31. The first kappa shape index (κ1) is 19.1. The van der Waals surface area contributed by atoms with Crippen LogP contribution in [0.4, 0.5) is 17.6 Å². The molecule has 1 N–H and O–H groups in total. The molecule has 0 saturated carbocycles. The lowest BCUT2D eigenvalue weighted by Crippen LogP contribution is -2.64. The first-order valence-electron chi connectivity index (χ1n) is 8.01. The Labute approximate surface area is 151 Å². The monoisotopic (exact) mass is 385 g/mol. The Morgan fingerprint density at radius 2 is 1.70 bits per heavy atom. The van der Waals surface area contributed by atoms with Crippen LogP contribution in [0.5, 0.6) is 0 Å².